The fourth-order valence-electron chi connectivity index (χ4n) is 6.29. The van der Waals surface area contributed by atoms with E-state index < -0.39 is 77.5 Å². The van der Waals surface area contributed by atoms with Crippen LogP contribution in [0.4, 0.5) is 52.7 Å². The maximum absolute atomic E-state index is 13.4. The molecule has 1 saturated heterocycles. The molecule has 4 aliphatic carbocycles. The van der Waals surface area contributed by atoms with Crippen molar-refractivity contribution < 1.29 is 62.5 Å². The Morgan fingerprint density at radius 1 is 0.778 bits per heavy atom. The fourth-order valence-corrected chi connectivity index (χ4v) is 6.29. The summed E-state index contributed by atoms with van der Waals surface area (Å²) >= 11 is 0. The second kappa shape index (κ2) is 4.31. The molecule has 1 heterocycles. The molecule has 5 aliphatic rings. The summed E-state index contributed by atoms with van der Waals surface area (Å²) in [6.07, 6.45) is -28.5. The van der Waals surface area contributed by atoms with Crippen LogP contribution in [-0.4, -0.2) is 47.1 Å². The molecule has 0 aromatic rings. The normalized spacial score (nSPS) is 42.8. The first-order valence-electron chi connectivity index (χ1n) is 7.49. The van der Waals surface area contributed by atoms with E-state index in [0.717, 1.165) is 0 Å². The number of hydrogen-bond acceptors (Lipinski definition) is 2. The van der Waals surface area contributed by atoms with Crippen molar-refractivity contribution in [3.63, 3.8) is 0 Å². The van der Waals surface area contributed by atoms with Crippen LogP contribution in [0.3, 0.4) is 0 Å². The fraction of sp³-hybridized carbons (Fsp3) is 1.00. The summed E-state index contributed by atoms with van der Waals surface area (Å²) in [5.41, 5.74) is -14.6. The van der Waals surface area contributed by atoms with Crippen molar-refractivity contribution >= 4 is 0 Å². The minimum atomic E-state index is -6.53. The van der Waals surface area contributed by atoms with Gasteiger partial charge in [0.2, 0.25) is 0 Å². The van der Waals surface area contributed by atoms with Crippen LogP contribution in [0.1, 0.15) is 6.42 Å². The van der Waals surface area contributed by atoms with E-state index in [1.165, 1.54) is 0 Å². The Labute approximate surface area is 141 Å². The van der Waals surface area contributed by atoms with Gasteiger partial charge in [-0.25, -0.2) is 0 Å². The Morgan fingerprint density at radius 3 is 1.56 bits per heavy atom. The SMILES string of the molecule is OC(C(F)(F)F)(C(F)(F)F)C12C3C4OC(C(F)(F)F)(C(F)(F)F)C1[C@@H]4C[C@@H]32. The number of ether oxygens (including phenoxy) is 1. The lowest BCUT2D eigenvalue weighted by Crippen LogP contribution is -2.72. The van der Waals surface area contributed by atoms with Crippen LogP contribution in [0, 0.1) is 29.1 Å². The summed E-state index contributed by atoms with van der Waals surface area (Å²) in [5.74, 6) is -8.71. The van der Waals surface area contributed by atoms with Gasteiger partial charge in [0.05, 0.1) is 6.10 Å². The molecule has 5 fully saturated rings. The average Bonchev–Trinajstić information content (AvgIpc) is 2.79. The lowest BCUT2D eigenvalue weighted by atomic mass is 9.66. The molecule has 0 aromatic heterocycles. The molecule has 2 nitrogen and oxygen atoms in total. The van der Waals surface area contributed by atoms with Crippen molar-refractivity contribution in [3.8, 4) is 0 Å². The van der Waals surface area contributed by atoms with E-state index in [4.69, 9.17) is 0 Å². The second-order valence-electron chi connectivity index (χ2n) is 7.46. The zero-order valence-corrected chi connectivity index (χ0v) is 12.5. The molecule has 1 aliphatic heterocycles. The predicted molar refractivity (Wildman–Crippen MR) is 57.8 cm³/mol. The molecule has 0 spiro atoms. The van der Waals surface area contributed by atoms with Gasteiger partial charge in [0, 0.05) is 11.3 Å². The molecule has 5 rings (SSSR count). The van der Waals surface area contributed by atoms with E-state index in [2.05, 4.69) is 4.74 Å². The number of rotatable bonds is 1. The first-order chi connectivity index (χ1) is 11.8. The van der Waals surface area contributed by atoms with Gasteiger partial charge in [0.25, 0.3) is 11.2 Å². The number of alkyl halides is 12. The highest BCUT2D eigenvalue weighted by atomic mass is 19.4. The topological polar surface area (TPSA) is 29.5 Å². The van der Waals surface area contributed by atoms with Gasteiger partial charge in [-0.2, -0.15) is 52.7 Å². The highest BCUT2D eigenvalue weighted by Crippen LogP contribution is 2.93. The predicted octanol–water partition coefficient (Wildman–Crippen LogP) is 3.99. The Morgan fingerprint density at radius 2 is 1.22 bits per heavy atom. The first kappa shape index (κ1) is 19.4. The molecule has 0 aromatic carbocycles. The molecule has 4 saturated carbocycles. The van der Waals surface area contributed by atoms with Gasteiger partial charge in [0.15, 0.2) is 0 Å². The quantitative estimate of drug-likeness (QED) is 0.646. The first-order valence-corrected chi connectivity index (χ1v) is 7.49. The van der Waals surface area contributed by atoms with Crippen LogP contribution in [0.15, 0.2) is 0 Å². The van der Waals surface area contributed by atoms with Gasteiger partial charge in [-0.15, -0.1) is 0 Å². The van der Waals surface area contributed by atoms with Gasteiger partial charge in [-0.3, -0.25) is 0 Å². The molecular weight excluding hydrogens is 416 g/mol. The van der Waals surface area contributed by atoms with Crippen LogP contribution in [0.2, 0.25) is 0 Å². The minimum Gasteiger partial charge on any atom is -0.373 e. The molecular formula is C13H8F12O2. The summed E-state index contributed by atoms with van der Waals surface area (Å²) in [5, 5.41) is 9.73. The Balaban J connectivity index is 1.98. The third-order valence-electron chi connectivity index (χ3n) is 6.78. The Hall–Kier alpha value is -0.920. The van der Waals surface area contributed by atoms with Crippen LogP contribution < -0.4 is 0 Å². The smallest absolute Gasteiger partial charge is 0.373 e. The number of hydrogen-bond donors (Lipinski definition) is 1. The summed E-state index contributed by atoms with van der Waals surface area (Å²) in [6, 6.07) is 0. The summed E-state index contributed by atoms with van der Waals surface area (Å²) < 4.78 is 164. The highest BCUT2D eigenvalue weighted by molar-refractivity contribution is 5.43. The standard InChI is InChI=1S/C13H8F12O2/c14-10(15,16)8(11(17,18)19)6-2-1-3-4(5(2)27-8)7(3,6)9(26,12(20,21)22)13(23,24)25/h2-6,26H,1H2/t2-,3+,4?,5?,6?,7?/m1/s1. The van der Waals surface area contributed by atoms with Gasteiger partial charge >= 0.3 is 24.7 Å². The lowest BCUT2D eigenvalue weighted by molar-refractivity contribution is -0.434. The maximum atomic E-state index is 13.4. The zero-order chi connectivity index (χ0) is 20.8. The molecule has 6 atom stereocenters. The summed E-state index contributed by atoms with van der Waals surface area (Å²) in [4.78, 5) is 0. The lowest BCUT2D eigenvalue weighted by Gasteiger charge is -2.48. The van der Waals surface area contributed by atoms with E-state index in [0.29, 0.717) is 0 Å². The van der Waals surface area contributed by atoms with Gasteiger partial charge in [0.1, 0.15) is 0 Å². The molecule has 156 valence electrons. The molecule has 14 heteroatoms. The Bertz CT molecular complexity index is 633. The monoisotopic (exact) mass is 424 g/mol. The number of halogens is 12. The van der Waals surface area contributed by atoms with Crippen molar-refractivity contribution in [2.75, 3.05) is 0 Å². The van der Waals surface area contributed by atoms with Crippen molar-refractivity contribution in [1.29, 1.82) is 0 Å². The van der Waals surface area contributed by atoms with Crippen molar-refractivity contribution in [2.24, 2.45) is 29.1 Å². The van der Waals surface area contributed by atoms with E-state index in [9.17, 15) is 57.8 Å². The number of aliphatic hydroxyl groups is 1. The van der Waals surface area contributed by atoms with Crippen LogP contribution in [0.5, 0.6) is 0 Å². The van der Waals surface area contributed by atoms with Crippen LogP contribution >= 0.6 is 0 Å². The van der Waals surface area contributed by atoms with Crippen molar-refractivity contribution in [2.45, 2.75) is 48.4 Å². The average molecular weight is 424 g/mol. The Kier molecular flexibility index (Phi) is 3.10. The van der Waals surface area contributed by atoms with Crippen molar-refractivity contribution in [3.05, 3.63) is 0 Å². The van der Waals surface area contributed by atoms with Gasteiger partial charge in [-0.05, 0) is 24.2 Å². The van der Waals surface area contributed by atoms with E-state index in [-0.39, 0.29) is 0 Å². The molecule has 6 bridgehead atoms. The van der Waals surface area contributed by atoms with E-state index in [1.54, 1.807) is 0 Å². The van der Waals surface area contributed by atoms with Crippen LogP contribution in [-0.2, 0) is 4.74 Å². The van der Waals surface area contributed by atoms with Gasteiger partial charge in [-0.1, -0.05) is 0 Å². The minimum absolute atomic E-state index is 0.734. The molecule has 4 unspecified atom stereocenters. The molecule has 1 N–H and O–H groups in total. The van der Waals surface area contributed by atoms with E-state index in [1.807, 2.05) is 0 Å². The summed E-state index contributed by atoms with van der Waals surface area (Å²) in [6.45, 7) is 0. The van der Waals surface area contributed by atoms with Crippen LogP contribution in [0.25, 0.3) is 0 Å². The molecule has 0 radical (unpaired) electrons. The van der Waals surface area contributed by atoms with E-state index >= 15 is 0 Å². The third kappa shape index (κ3) is 1.61. The molecule has 0 amide bonds. The zero-order valence-electron chi connectivity index (χ0n) is 12.5. The second-order valence-corrected chi connectivity index (χ2v) is 7.46. The largest absolute Gasteiger partial charge is 0.426 e. The maximum Gasteiger partial charge on any atom is 0.426 e. The van der Waals surface area contributed by atoms with Crippen molar-refractivity contribution in [1.82, 2.24) is 0 Å². The third-order valence-corrected chi connectivity index (χ3v) is 6.78. The van der Waals surface area contributed by atoms with Gasteiger partial charge < -0.3 is 9.84 Å². The molecule has 27 heavy (non-hydrogen) atoms. The summed E-state index contributed by atoms with van der Waals surface area (Å²) in [7, 11) is 0. The highest BCUT2D eigenvalue weighted by Gasteiger charge is 3.05.